The molecule has 0 bridgehead atoms. The van der Waals surface area contributed by atoms with Gasteiger partial charge in [0.1, 0.15) is 18.1 Å². The van der Waals surface area contributed by atoms with E-state index in [-0.39, 0.29) is 18.4 Å². The molecule has 2 aromatic rings. The fraction of sp³-hybridized carbons (Fsp3) is 0.182. The van der Waals surface area contributed by atoms with Gasteiger partial charge in [0, 0.05) is 18.8 Å². The first-order valence-corrected chi connectivity index (χ1v) is 9.68. The zero-order valence-corrected chi connectivity index (χ0v) is 18.1. The lowest BCUT2D eigenvalue weighted by Crippen LogP contribution is -2.35. The van der Waals surface area contributed by atoms with Gasteiger partial charge in [0.05, 0.1) is 28.5 Å². The maximum absolute atomic E-state index is 12.0. The molecule has 0 saturated heterocycles. The van der Waals surface area contributed by atoms with Crippen LogP contribution in [0.25, 0.3) is 0 Å². The number of anilines is 1. The van der Waals surface area contributed by atoms with Crippen molar-refractivity contribution >= 4 is 35.3 Å². The topological polar surface area (TPSA) is 107 Å². The molecule has 9 heteroatoms. The van der Waals surface area contributed by atoms with Crippen LogP contribution in [0.15, 0.2) is 59.5 Å². The van der Waals surface area contributed by atoms with Crippen molar-refractivity contribution in [1.29, 1.82) is 5.26 Å². The Bertz CT molecular complexity index is 1040. The summed E-state index contributed by atoms with van der Waals surface area (Å²) in [6.07, 6.45) is 3.13. The molecule has 0 heterocycles. The van der Waals surface area contributed by atoms with E-state index in [1.165, 1.54) is 13.3 Å². The van der Waals surface area contributed by atoms with Crippen LogP contribution in [0.5, 0.6) is 5.75 Å². The van der Waals surface area contributed by atoms with Crippen LogP contribution in [0.3, 0.4) is 0 Å². The molecule has 0 fully saturated rings. The third-order valence-corrected chi connectivity index (χ3v) is 4.37. The molecule has 0 aliphatic heterocycles. The average Bonchev–Trinajstić information content (AvgIpc) is 2.79. The number of halogens is 1. The first kappa shape index (κ1) is 23.4. The lowest BCUT2D eigenvalue weighted by Gasteiger charge is -2.20. The summed E-state index contributed by atoms with van der Waals surface area (Å²) < 4.78 is 5.68. The van der Waals surface area contributed by atoms with Crippen LogP contribution in [-0.4, -0.2) is 31.6 Å². The highest BCUT2D eigenvalue weighted by Gasteiger charge is 2.11. The van der Waals surface area contributed by atoms with Crippen molar-refractivity contribution in [3.05, 3.63) is 70.6 Å². The zero-order valence-electron chi connectivity index (χ0n) is 17.3. The van der Waals surface area contributed by atoms with E-state index in [0.29, 0.717) is 33.3 Å². The smallest absolute Gasteiger partial charge is 0.251 e. The second kappa shape index (κ2) is 11.4. The number of carbonyl (C=O) groups is 2. The molecule has 160 valence electrons. The monoisotopic (exact) mass is 439 g/mol. The summed E-state index contributed by atoms with van der Waals surface area (Å²) in [6.45, 7) is 3.49. The number of carbonyl (C=O) groups excluding carboxylic acids is 2. The molecule has 0 aliphatic rings. The lowest BCUT2D eigenvalue weighted by molar-refractivity contribution is -0.119. The largest absolute Gasteiger partial charge is 0.463 e. The van der Waals surface area contributed by atoms with Gasteiger partial charge in [-0.15, -0.1) is 0 Å². The van der Waals surface area contributed by atoms with Crippen molar-refractivity contribution < 1.29 is 14.3 Å². The predicted molar refractivity (Wildman–Crippen MR) is 120 cm³/mol. The fourth-order valence-corrected chi connectivity index (χ4v) is 2.66. The van der Waals surface area contributed by atoms with Crippen molar-refractivity contribution in [2.75, 3.05) is 18.6 Å². The Balaban J connectivity index is 2.10. The van der Waals surface area contributed by atoms with Gasteiger partial charge in [-0.25, -0.2) is 5.01 Å². The van der Waals surface area contributed by atoms with Crippen molar-refractivity contribution in [2.24, 2.45) is 5.10 Å². The summed E-state index contributed by atoms with van der Waals surface area (Å²) in [7, 11) is 1.50. The number of ether oxygens (including phenoxy) is 1. The molecule has 2 amide bonds. The van der Waals surface area contributed by atoms with Crippen molar-refractivity contribution in [3.63, 3.8) is 0 Å². The van der Waals surface area contributed by atoms with Gasteiger partial charge < -0.3 is 15.4 Å². The standard InChI is InChI=1S/C22H22ClN5O3/c1-4-27-28(18-8-5-17(12-24)20(23)11-18)15(2)14-31-19-9-6-16(7-10-19)22(30)26-13-21(29)25-3/h4-11,14H,13H2,1-3H3,(H,25,29)(H,26,30)/b15-14+,27-4+. The normalized spacial score (nSPS) is 11.0. The second-order valence-electron chi connectivity index (χ2n) is 6.22. The third kappa shape index (κ3) is 6.59. The number of nitrogens with one attached hydrogen (secondary N) is 2. The number of allylic oxidation sites excluding steroid dienone is 1. The molecule has 31 heavy (non-hydrogen) atoms. The van der Waals surface area contributed by atoms with E-state index in [2.05, 4.69) is 15.7 Å². The number of nitrogens with zero attached hydrogens (tertiary/aromatic N) is 3. The number of hydrogen-bond donors (Lipinski definition) is 2. The number of hydrazone groups is 1. The molecule has 8 nitrogen and oxygen atoms in total. The number of benzene rings is 2. The van der Waals surface area contributed by atoms with Gasteiger partial charge in [-0.1, -0.05) is 11.6 Å². The quantitative estimate of drug-likeness (QED) is 0.372. The minimum absolute atomic E-state index is 0.0946. The summed E-state index contributed by atoms with van der Waals surface area (Å²) in [5.74, 6) is -0.125. The molecule has 2 N–H and O–H groups in total. The predicted octanol–water partition coefficient (Wildman–Crippen LogP) is 3.44. The molecule has 0 atom stereocenters. The van der Waals surface area contributed by atoms with E-state index in [9.17, 15) is 9.59 Å². The van der Waals surface area contributed by atoms with E-state index in [1.54, 1.807) is 67.5 Å². The Morgan fingerprint density at radius 2 is 1.97 bits per heavy atom. The second-order valence-corrected chi connectivity index (χ2v) is 6.63. The Morgan fingerprint density at radius 1 is 1.26 bits per heavy atom. The van der Waals surface area contributed by atoms with E-state index in [4.69, 9.17) is 21.6 Å². The molecule has 0 saturated carbocycles. The van der Waals surface area contributed by atoms with Crippen LogP contribution in [0.2, 0.25) is 5.02 Å². The highest BCUT2D eigenvalue weighted by atomic mass is 35.5. The minimum Gasteiger partial charge on any atom is -0.463 e. The van der Waals surface area contributed by atoms with Crippen LogP contribution in [-0.2, 0) is 4.79 Å². The van der Waals surface area contributed by atoms with Crippen LogP contribution >= 0.6 is 11.6 Å². The number of nitriles is 1. The first-order chi connectivity index (χ1) is 14.9. The highest BCUT2D eigenvalue weighted by molar-refractivity contribution is 6.32. The molecular formula is C22H22ClN5O3. The number of likely N-dealkylation sites (N-methyl/N-ethyl adjacent to an activating group) is 1. The maximum atomic E-state index is 12.0. The minimum atomic E-state index is -0.358. The highest BCUT2D eigenvalue weighted by Crippen LogP contribution is 2.26. The van der Waals surface area contributed by atoms with E-state index in [0.717, 1.165) is 0 Å². The lowest BCUT2D eigenvalue weighted by atomic mass is 10.2. The summed E-state index contributed by atoms with van der Waals surface area (Å²) in [5.41, 5.74) is 2.11. The van der Waals surface area contributed by atoms with Crippen molar-refractivity contribution in [2.45, 2.75) is 13.8 Å². The van der Waals surface area contributed by atoms with Gasteiger partial charge in [-0.2, -0.15) is 10.4 Å². The Morgan fingerprint density at radius 3 is 2.55 bits per heavy atom. The molecule has 0 unspecified atom stereocenters. The van der Waals surface area contributed by atoms with Crippen LogP contribution in [0.4, 0.5) is 5.69 Å². The summed E-state index contributed by atoms with van der Waals surface area (Å²) in [4.78, 5) is 23.3. The molecule has 0 aromatic heterocycles. The Labute approximate surface area is 185 Å². The molecule has 2 rings (SSSR count). The SMILES string of the molecule is C/C=N/N(/C(C)=C/Oc1ccc(C(=O)NCC(=O)NC)cc1)c1ccc(C#N)c(Cl)c1. The molecular weight excluding hydrogens is 418 g/mol. The van der Waals surface area contributed by atoms with Crippen molar-refractivity contribution in [3.8, 4) is 11.8 Å². The van der Waals surface area contributed by atoms with Crippen LogP contribution in [0.1, 0.15) is 29.8 Å². The van der Waals surface area contributed by atoms with Gasteiger partial charge in [0.15, 0.2) is 0 Å². The first-order valence-electron chi connectivity index (χ1n) is 9.30. The third-order valence-electron chi connectivity index (χ3n) is 4.05. The van der Waals surface area contributed by atoms with Gasteiger partial charge in [-0.05, 0) is 56.3 Å². The Hall–Kier alpha value is -3.83. The molecule has 2 aromatic carbocycles. The van der Waals surface area contributed by atoms with Gasteiger partial charge in [0.25, 0.3) is 5.91 Å². The van der Waals surface area contributed by atoms with Gasteiger partial charge in [-0.3, -0.25) is 9.59 Å². The van der Waals surface area contributed by atoms with Crippen molar-refractivity contribution in [1.82, 2.24) is 10.6 Å². The number of hydrogen-bond acceptors (Lipinski definition) is 6. The summed E-state index contributed by atoms with van der Waals surface area (Å²) in [6, 6.07) is 13.5. The Kier molecular flexibility index (Phi) is 8.61. The number of rotatable bonds is 8. The average molecular weight is 440 g/mol. The van der Waals surface area contributed by atoms with Crippen LogP contribution in [0, 0.1) is 11.3 Å². The van der Waals surface area contributed by atoms with Gasteiger partial charge >= 0.3 is 0 Å². The number of amides is 2. The van der Waals surface area contributed by atoms with Gasteiger partial charge in [0.2, 0.25) is 5.91 Å². The summed E-state index contributed by atoms with van der Waals surface area (Å²) in [5, 5.41) is 20.3. The van der Waals surface area contributed by atoms with Crippen LogP contribution < -0.4 is 20.4 Å². The summed E-state index contributed by atoms with van der Waals surface area (Å²) >= 11 is 6.13. The fourth-order valence-electron chi connectivity index (χ4n) is 2.44. The zero-order chi connectivity index (χ0) is 22.8. The molecule has 0 radical (unpaired) electrons. The maximum Gasteiger partial charge on any atom is 0.251 e. The van der Waals surface area contributed by atoms with E-state index in [1.807, 2.05) is 6.07 Å². The van der Waals surface area contributed by atoms with E-state index < -0.39 is 0 Å². The van der Waals surface area contributed by atoms with E-state index >= 15 is 0 Å². The molecule has 0 aliphatic carbocycles. The molecule has 0 spiro atoms.